The van der Waals surface area contributed by atoms with E-state index in [0.29, 0.717) is 12.8 Å². The van der Waals surface area contributed by atoms with E-state index in [4.69, 9.17) is 15.6 Å². The average molecular weight is 147 g/mol. The first kappa shape index (κ1) is 7.94. The molecule has 60 valence electrons. The Labute approximate surface area is 59.6 Å². The van der Waals surface area contributed by atoms with Crippen molar-refractivity contribution < 1.29 is 14.9 Å². The lowest BCUT2D eigenvalue weighted by atomic mass is 10.00. The van der Waals surface area contributed by atoms with E-state index in [-0.39, 0.29) is 0 Å². The number of aliphatic hydroxyl groups is 2. The quantitative estimate of drug-likeness (QED) is 0.390. The van der Waals surface area contributed by atoms with E-state index in [2.05, 4.69) is 0 Å². The molecule has 4 heteroatoms. The zero-order chi connectivity index (χ0) is 7.78. The minimum atomic E-state index is -1.26. The van der Waals surface area contributed by atoms with Crippen molar-refractivity contribution >= 4 is 0 Å². The van der Waals surface area contributed by atoms with Crippen LogP contribution in [0, 0.1) is 0 Å². The van der Waals surface area contributed by atoms with Gasteiger partial charge in [-0.1, -0.05) is 0 Å². The first-order valence-electron chi connectivity index (χ1n) is 3.37. The molecule has 0 aromatic rings. The summed E-state index contributed by atoms with van der Waals surface area (Å²) < 4.78 is 4.88. The number of hydrogen-bond donors (Lipinski definition) is 3. The van der Waals surface area contributed by atoms with Crippen molar-refractivity contribution in [1.29, 1.82) is 0 Å². The SMILES string of the molecule is C[C@@H]1OC(O)CC[C@]1(N)O. The van der Waals surface area contributed by atoms with E-state index >= 15 is 0 Å². The summed E-state index contributed by atoms with van der Waals surface area (Å²) in [5.41, 5.74) is 4.14. The maximum atomic E-state index is 9.30. The average Bonchev–Trinajstić information content (AvgIpc) is 1.81. The molecule has 10 heavy (non-hydrogen) atoms. The van der Waals surface area contributed by atoms with Crippen LogP contribution in [0.25, 0.3) is 0 Å². The molecule has 1 unspecified atom stereocenters. The van der Waals surface area contributed by atoms with Crippen LogP contribution in [-0.2, 0) is 4.74 Å². The van der Waals surface area contributed by atoms with Gasteiger partial charge < -0.3 is 20.7 Å². The van der Waals surface area contributed by atoms with E-state index in [9.17, 15) is 5.11 Å². The Kier molecular flexibility index (Phi) is 1.96. The molecule has 0 aromatic carbocycles. The van der Waals surface area contributed by atoms with Gasteiger partial charge in [-0.2, -0.15) is 0 Å². The molecule has 1 heterocycles. The standard InChI is InChI=1S/C6H13NO3/c1-4-6(7,9)3-2-5(8)10-4/h4-5,8-9H,2-3,7H2,1H3/t4-,5?,6-/m0/s1. The molecule has 3 atom stereocenters. The fraction of sp³-hybridized carbons (Fsp3) is 1.00. The largest absolute Gasteiger partial charge is 0.373 e. The lowest BCUT2D eigenvalue weighted by molar-refractivity contribution is -0.227. The van der Waals surface area contributed by atoms with E-state index in [1.807, 2.05) is 0 Å². The maximum absolute atomic E-state index is 9.30. The predicted octanol–water partition coefficient (Wildman–Crippen LogP) is -0.849. The molecule has 0 saturated carbocycles. The van der Waals surface area contributed by atoms with E-state index in [1.54, 1.807) is 6.92 Å². The Morgan fingerprint density at radius 2 is 2.30 bits per heavy atom. The number of nitrogens with two attached hydrogens (primary N) is 1. The first-order chi connectivity index (χ1) is 4.52. The van der Waals surface area contributed by atoms with Gasteiger partial charge in [0.1, 0.15) is 5.72 Å². The van der Waals surface area contributed by atoms with E-state index in [1.165, 1.54) is 0 Å². The summed E-state index contributed by atoms with van der Waals surface area (Å²) in [6.45, 7) is 1.64. The zero-order valence-electron chi connectivity index (χ0n) is 5.95. The highest BCUT2D eigenvalue weighted by Gasteiger charge is 2.36. The number of ether oxygens (including phenoxy) is 1. The van der Waals surface area contributed by atoms with Crippen LogP contribution < -0.4 is 5.73 Å². The van der Waals surface area contributed by atoms with Crippen LogP contribution in [0.5, 0.6) is 0 Å². The molecule has 1 rings (SSSR count). The van der Waals surface area contributed by atoms with Gasteiger partial charge in [0.2, 0.25) is 0 Å². The number of hydrogen-bond acceptors (Lipinski definition) is 4. The highest BCUT2D eigenvalue weighted by atomic mass is 16.6. The third-order valence-corrected chi connectivity index (χ3v) is 1.86. The van der Waals surface area contributed by atoms with Crippen molar-refractivity contribution in [2.75, 3.05) is 0 Å². The maximum Gasteiger partial charge on any atom is 0.155 e. The summed E-state index contributed by atoms with van der Waals surface area (Å²) in [4.78, 5) is 0. The Morgan fingerprint density at radius 1 is 1.70 bits per heavy atom. The normalized spacial score (nSPS) is 49.2. The van der Waals surface area contributed by atoms with Crippen LogP contribution >= 0.6 is 0 Å². The van der Waals surface area contributed by atoms with Gasteiger partial charge in [0.25, 0.3) is 0 Å². The van der Waals surface area contributed by atoms with Gasteiger partial charge in [-0.3, -0.25) is 0 Å². The third-order valence-electron chi connectivity index (χ3n) is 1.86. The minimum absolute atomic E-state index is 0.384. The lowest BCUT2D eigenvalue weighted by Crippen LogP contribution is -2.55. The number of aliphatic hydroxyl groups excluding tert-OH is 1. The van der Waals surface area contributed by atoms with Gasteiger partial charge in [-0.05, 0) is 13.3 Å². The van der Waals surface area contributed by atoms with Crippen molar-refractivity contribution in [3.8, 4) is 0 Å². The summed E-state index contributed by atoms with van der Waals surface area (Å²) in [6, 6.07) is 0. The molecule has 0 spiro atoms. The van der Waals surface area contributed by atoms with Gasteiger partial charge in [-0.25, -0.2) is 0 Å². The molecule has 0 aliphatic carbocycles. The molecular weight excluding hydrogens is 134 g/mol. The molecule has 4 nitrogen and oxygen atoms in total. The van der Waals surface area contributed by atoms with Crippen LogP contribution in [0.15, 0.2) is 0 Å². The van der Waals surface area contributed by atoms with Gasteiger partial charge >= 0.3 is 0 Å². The van der Waals surface area contributed by atoms with Crippen LogP contribution in [-0.4, -0.2) is 28.3 Å². The van der Waals surface area contributed by atoms with Gasteiger partial charge in [0, 0.05) is 6.42 Å². The Hall–Kier alpha value is -0.160. The highest BCUT2D eigenvalue weighted by molar-refractivity contribution is 4.82. The van der Waals surface area contributed by atoms with Crippen LogP contribution in [0.3, 0.4) is 0 Å². The van der Waals surface area contributed by atoms with Crippen molar-refractivity contribution in [3.05, 3.63) is 0 Å². The van der Waals surface area contributed by atoms with Crippen molar-refractivity contribution in [3.63, 3.8) is 0 Å². The fourth-order valence-corrected chi connectivity index (χ4v) is 0.979. The first-order valence-corrected chi connectivity index (χ1v) is 3.37. The van der Waals surface area contributed by atoms with Gasteiger partial charge in [0.15, 0.2) is 6.29 Å². The molecule has 0 bridgehead atoms. The van der Waals surface area contributed by atoms with E-state index in [0.717, 1.165) is 0 Å². The smallest absolute Gasteiger partial charge is 0.155 e. The van der Waals surface area contributed by atoms with E-state index < -0.39 is 18.1 Å². The molecule has 1 saturated heterocycles. The fourth-order valence-electron chi connectivity index (χ4n) is 0.979. The second-order valence-electron chi connectivity index (χ2n) is 2.76. The monoisotopic (exact) mass is 147 g/mol. The second-order valence-corrected chi connectivity index (χ2v) is 2.76. The summed E-state index contributed by atoms with van der Waals surface area (Å²) in [6.07, 6.45) is -0.470. The zero-order valence-corrected chi connectivity index (χ0v) is 5.95. The molecule has 1 fully saturated rings. The number of rotatable bonds is 0. The topological polar surface area (TPSA) is 75.7 Å². The summed E-state index contributed by atoms with van der Waals surface area (Å²) in [7, 11) is 0. The molecule has 1 aliphatic rings. The van der Waals surface area contributed by atoms with Crippen LogP contribution in [0.1, 0.15) is 19.8 Å². The molecule has 0 radical (unpaired) electrons. The Bertz CT molecular complexity index is 126. The molecule has 0 aromatic heterocycles. The summed E-state index contributed by atoms with van der Waals surface area (Å²) in [5.74, 6) is 0. The van der Waals surface area contributed by atoms with Crippen molar-refractivity contribution in [2.45, 2.75) is 37.9 Å². The van der Waals surface area contributed by atoms with Crippen LogP contribution in [0.2, 0.25) is 0 Å². The predicted molar refractivity (Wildman–Crippen MR) is 34.9 cm³/mol. The van der Waals surface area contributed by atoms with Gasteiger partial charge in [-0.15, -0.1) is 0 Å². The molecule has 0 amide bonds. The van der Waals surface area contributed by atoms with Crippen molar-refractivity contribution in [2.24, 2.45) is 5.73 Å². The molecule has 4 N–H and O–H groups in total. The van der Waals surface area contributed by atoms with Crippen molar-refractivity contribution in [1.82, 2.24) is 0 Å². The lowest BCUT2D eigenvalue weighted by Gasteiger charge is -2.36. The Morgan fingerprint density at radius 3 is 2.70 bits per heavy atom. The summed E-state index contributed by atoms with van der Waals surface area (Å²) in [5, 5.41) is 18.2. The molecular formula is C6H13NO3. The van der Waals surface area contributed by atoms with Gasteiger partial charge in [0.05, 0.1) is 6.10 Å². The third kappa shape index (κ3) is 1.46. The minimum Gasteiger partial charge on any atom is -0.373 e. The molecule has 1 aliphatic heterocycles. The second kappa shape index (κ2) is 2.47. The summed E-state index contributed by atoms with van der Waals surface area (Å²) >= 11 is 0. The van der Waals surface area contributed by atoms with Crippen LogP contribution in [0.4, 0.5) is 0 Å². The highest BCUT2D eigenvalue weighted by Crippen LogP contribution is 2.22. The Balaban J connectivity index is 2.52.